The molecular weight excluding hydrogens is 192 g/mol. The Morgan fingerprint density at radius 2 is 2.23 bits per heavy atom. The molecule has 0 bridgehead atoms. The fourth-order valence-electron chi connectivity index (χ4n) is 0.952. The minimum Gasteiger partial charge on any atom is -0.389 e. The number of pyridine rings is 1. The van der Waals surface area contributed by atoms with Gasteiger partial charge in [-0.05, 0) is 17.7 Å². The van der Waals surface area contributed by atoms with Crippen LogP contribution in [-0.4, -0.2) is 27.8 Å². The lowest BCUT2D eigenvalue weighted by Crippen LogP contribution is -2.27. The van der Waals surface area contributed by atoms with E-state index < -0.39 is 12.2 Å². The Morgan fingerprint density at radius 3 is 2.77 bits per heavy atom. The van der Waals surface area contributed by atoms with Crippen LogP contribution in [0.5, 0.6) is 0 Å². The predicted octanol–water partition coefficient (Wildman–Crippen LogP) is 0.0880. The number of aliphatic hydroxyl groups excluding tert-OH is 2. The molecule has 0 aliphatic rings. The van der Waals surface area contributed by atoms with E-state index in [0.29, 0.717) is 5.56 Å². The maximum absolute atomic E-state index is 9.50. The first-order valence-corrected chi connectivity index (χ1v) is 4.20. The van der Waals surface area contributed by atoms with E-state index in [9.17, 15) is 10.2 Å². The molecule has 2 unspecified atom stereocenters. The molecule has 4 nitrogen and oxygen atoms in total. The number of halogens is 1. The van der Waals surface area contributed by atoms with E-state index >= 15 is 0 Å². The highest BCUT2D eigenvalue weighted by molar-refractivity contribution is 6.29. The predicted molar refractivity (Wildman–Crippen MR) is 49.3 cm³/mol. The second-order valence-electron chi connectivity index (χ2n) is 2.66. The number of aliphatic hydroxyl groups is 2. The van der Waals surface area contributed by atoms with Crippen LogP contribution >= 0.6 is 11.6 Å². The molecule has 0 amide bonds. The van der Waals surface area contributed by atoms with Crippen molar-refractivity contribution in [3.05, 3.63) is 29.0 Å². The molecule has 72 valence electrons. The van der Waals surface area contributed by atoms with Crippen LogP contribution in [-0.2, 0) is 0 Å². The van der Waals surface area contributed by atoms with Crippen LogP contribution in [0.3, 0.4) is 0 Å². The monoisotopic (exact) mass is 202 g/mol. The van der Waals surface area contributed by atoms with Gasteiger partial charge in [-0.15, -0.1) is 0 Å². The van der Waals surface area contributed by atoms with Gasteiger partial charge in [0.15, 0.2) is 0 Å². The normalized spacial score (nSPS) is 15.4. The van der Waals surface area contributed by atoms with Gasteiger partial charge in [0.05, 0.1) is 6.10 Å². The molecule has 0 aliphatic carbocycles. The van der Waals surface area contributed by atoms with Crippen LogP contribution in [0.25, 0.3) is 0 Å². The van der Waals surface area contributed by atoms with Crippen LogP contribution < -0.4 is 5.73 Å². The molecule has 1 aromatic rings. The molecule has 0 spiro atoms. The molecule has 0 saturated heterocycles. The third-order valence-electron chi connectivity index (χ3n) is 1.70. The van der Waals surface area contributed by atoms with E-state index in [1.165, 1.54) is 12.3 Å². The van der Waals surface area contributed by atoms with Gasteiger partial charge in [-0.25, -0.2) is 4.98 Å². The van der Waals surface area contributed by atoms with E-state index in [4.69, 9.17) is 17.3 Å². The van der Waals surface area contributed by atoms with Crippen molar-refractivity contribution in [2.24, 2.45) is 5.73 Å². The Hall–Kier alpha value is -0.680. The molecule has 0 fully saturated rings. The van der Waals surface area contributed by atoms with Gasteiger partial charge in [0.2, 0.25) is 0 Å². The molecule has 1 heterocycles. The van der Waals surface area contributed by atoms with Crippen molar-refractivity contribution in [1.29, 1.82) is 0 Å². The number of hydrogen-bond acceptors (Lipinski definition) is 4. The van der Waals surface area contributed by atoms with Gasteiger partial charge in [0.25, 0.3) is 0 Å². The average Bonchev–Trinajstić information content (AvgIpc) is 2.15. The molecule has 0 aromatic carbocycles. The van der Waals surface area contributed by atoms with Crippen molar-refractivity contribution in [1.82, 2.24) is 4.98 Å². The van der Waals surface area contributed by atoms with E-state index in [1.807, 2.05) is 0 Å². The highest BCUT2D eigenvalue weighted by atomic mass is 35.5. The van der Waals surface area contributed by atoms with Gasteiger partial charge < -0.3 is 15.9 Å². The Morgan fingerprint density at radius 1 is 1.54 bits per heavy atom. The Balaban J connectivity index is 2.82. The minimum absolute atomic E-state index is 0.00110. The first kappa shape index (κ1) is 10.4. The summed E-state index contributed by atoms with van der Waals surface area (Å²) in [7, 11) is 0. The zero-order valence-electron chi connectivity index (χ0n) is 6.89. The average molecular weight is 203 g/mol. The summed E-state index contributed by atoms with van der Waals surface area (Å²) in [5, 5.41) is 19.0. The minimum atomic E-state index is -1.01. The third-order valence-corrected chi connectivity index (χ3v) is 1.90. The molecule has 4 N–H and O–H groups in total. The molecule has 1 rings (SSSR count). The lowest BCUT2D eigenvalue weighted by molar-refractivity contribution is 0.0243. The van der Waals surface area contributed by atoms with Crippen molar-refractivity contribution in [2.45, 2.75) is 12.2 Å². The van der Waals surface area contributed by atoms with Gasteiger partial charge in [0, 0.05) is 12.7 Å². The van der Waals surface area contributed by atoms with Crippen LogP contribution in [0.2, 0.25) is 5.15 Å². The second kappa shape index (κ2) is 4.53. The molecule has 0 radical (unpaired) electrons. The summed E-state index contributed by atoms with van der Waals surface area (Å²) in [6.45, 7) is 0.00110. The van der Waals surface area contributed by atoms with E-state index in [2.05, 4.69) is 4.98 Å². The topological polar surface area (TPSA) is 79.4 Å². The summed E-state index contributed by atoms with van der Waals surface area (Å²) >= 11 is 5.60. The van der Waals surface area contributed by atoms with Crippen LogP contribution in [0.4, 0.5) is 0 Å². The van der Waals surface area contributed by atoms with Crippen molar-refractivity contribution in [2.75, 3.05) is 6.54 Å². The second-order valence-corrected chi connectivity index (χ2v) is 3.05. The number of hydrogen-bond donors (Lipinski definition) is 3. The lowest BCUT2D eigenvalue weighted by Gasteiger charge is -2.15. The van der Waals surface area contributed by atoms with Gasteiger partial charge in [0.1, 0.15) is 11.3 Å². The van der Waals surface area contributed by atoms with Gasteiger partial charge >= 0.3 is 0 Å². The van der Waals surface area contributed by atoms with Crippen LogP contribution in [0.15, 0.2) is 18.3 Å². The van der Waals surface area contributed by atoms with E-state index in [0.717, 1.165) is 0 Å². The Kier molecular flexibility index (Phi) is 3.62. The highest BCUT2D eigenvalue weighted by Crippen LogP contribution is 2.18. The smallest absolute Gasteiger partial charge is 0.129 e. The Labute approximate surface area is 81.0 Å². The molecule has 13 heavy (non-hydrogen) atoms. The molecule has 5 heteroatoms. The van der Waals surface area contributed by atoms with Gasteiger partial charge in [-0.2, -0.15) is 0 Å². The van der Waals surface area contributed by atoms with Crippen molar-refractivity contribution < 1.29 is 10.2 Å². The molecule has 0 aliphatic heterocycles. The standard InChI is InChI=1S/C8H11ClN2O2/c9-7-3-5(1-2-11-7)8(13)6(12)4-10/h1-3,6,8,12-13H,4,10H2. The number of nitrogens with zero attached hydrogens (tertiary/aromatic N) is 1. The lowest BCUT2D eigenvalue weighted by atomic mass is 10.1. The quantitative estimate of drug-likeness (QED) is 0.607. The molecule has 2 atom stereocenters. The first-order valence-electron chi connectivity index (χ1n) is 3.83. The third kappa shape index (κ3) is 2.63. The first-order chi connectivity index (χ1) is 6.15. The number of nitrogens with two attached hydrogens (primary N) is 1. The summed E-state index contributed by atoms with van der Waals surface area (Å²) in [5.41, 5.74) is 5.70. The Bertz CT molecular complexity index is 283. The molecule has 1 aromatic heterocycles. The fourth-order valence-corrected chi connectivity index (χ4v) is 1.13. The number of aromatic nitrogens is 1. The highest BCUT2D eigenvalue weighted by Gasteiger charge is 2.16. The van der Waals surface area contributed by atoms with Gasteiger partial charge in [-0.3, -0.25) is 0 Å². The van der Waals surface area contributed by atoms with Crippen LogP contribution in [0, 0.1) is 0 Å². The van der Waals surface area contributed by atoms with Crippen molar-refractivity contribution >= 4 is 11.6 Å². The summed E-state index contributed by atoms with van der Waals surface area (Å²) < 4.78 is 0. The van der Waals surface area contributed by atoms with Crippen molar-refractivity contribution in [3.8, 4) is 0 Å². The summed E-state index contributed by atoms with van der Waals surface area (Å²) in [6.07, 6.45) is -0.520. The fraction of sp³-hybridized carbons (Fsp3) is 0.375. The van der Waals surface area contributed by atoms with Gasteiger partial charge in [-0.1, -0.05) is 11.6 Å². The maximum Gasteiger partial charge on any atom is 0.129 e. The zero-order chi connectivity index (χ0) is 9.84. The summed E-state index contributed by atoms with van der Waals surface area (Å²) in [5.74, 6) is 0. The summed E-state index contributed by atoms with van der Waals surface area (Å²) in [6, 6.07) is 3.07. The zero-order valence-corrected chi connectivity index (χ0v) is 7.65. The largest absolute Gasteiger partial charge is 0.389 e. The van der Waals surface area contributed by atoms with E-state index in [-0.39, 0.29) is 11.7 Å². The SMILES string of the molecule is NCC(O)C(O)c1ccnc(Cl)c1. The molecular formula is C8H11ClN2O2. The van der Waals surface area contributed by atoms with Crippen LogP contribution in [0.1, 0.15) is 11.7 Å². The maximum atomic E-state index is 9.50. The summed E-state index contributed by atoms with van der Waals surface area (Å²) in [4.78, 5) is 3.75. The van der Waals surface area contributed by atoms with Crippen molar-refractivity contribution in [3.63, 3.8) is 0 Å². The molecule has 0 saturated carbocycles. The van der Waals surface area contributed by atoms with E-state index in [1.54, 1.807) is 6.07 Å². The number of rotatable bonds is 3.